The molecule has 2 fully saturated rings. The van der Waals surface area contributed by atoms with Gasteiger partial charge in [0.2, 0.25) is 10.0 Å². The van der Waals surface area contributed by atoms with Crippen molar-refractivity contribution in [3.8, 4) is 5.75 Å². The van der Waals surface area contributed by atoms with Crippen LogP contribution in [-0.4, -0.2) is 56.3 Å². The first-order valence-corrected chi connectivity index (χ1v) is 12.0. The van der Waals surface area contributed by atoms with Crippen LogP contribution >= 0.6 is 23.2 Å². The molecular weight excluding hydrogens is 447 g/mol. The van der Waals surface area contributed by atoms with E-state index in [0.29, 0.717) is 24.6 Å². The second-order valence-corrected chi connectivity index (χ2v) is 10.2. The monoisotopic (exact) mass is 468 g/mol. The van der Waals surface area contributed by atoms with E-state index in [0.717, 1.165) is 12.4 Å². The predicted molar refractivity (Wildman–Crippen MR) is 116 cm³/mol. The van der Waals surface area contributed by atoms with Crippen molar-refractivity contribution in [2.45, 2.75) is 17.7 Å². The molecule has 1 aliphatic carbocycles. The van der Waals surface area contributed by atoms with Gasteiger partial charge in [-0.25, -0.2) is 8.42 Å². The molecule has 160 valence electrons. The number of ether oxygens (including phenoxy) is 1. The first-order valence-electron chi connectivity index (χ1n) is 9.82. The Bertz CT molecular complexity index is 1010. The fourth-order valence-corrected chi connectivity index (χ4v) is 5.88. The molecule has 1 saturated heterocycles. The number of nitrogens with zero attached hydrogens (tertiary/aromatic N) is 2. The van der Waals surface area contributed by atoms with E-state index in [1.807, 2.05) is 0 Å². The zero-order chi connectivity index (χ0) is 21.3. The van der Waals surface area contributed by atoms with Gasteiger partial charge in [-0.2, -0.15) is 4.31 Å². The van der Waals surface area contributed by atoms with Crippen molar-refractivity contribution >= 4 is 39.1 Å². The van der Waals surface area contributed by atoms with Crippen LogP contribution in [0.2, 0.25) is 10.0 Å². The first-order chi connectivity index (χ1) is 14.4. The number of rotatable bonds is 6. The lowest BCUT2D eigenvalue weighted by atomic mass is 10.2. The summed E-state index contributed by atoms with van der Waals surface area (Å²) in [5.74, 6) is 1.29. The second-order valence-electron chi connectivity index (χ2n) is 7.53. The van der Waals surface area contributed by atoms with Gasteiger partial charge in [-0.05, 0) is 55.2 Å². The maximum atomic E-state index is 13.0. The Morgan fingerprint density at radius 2 is 1.57 bits per heavy atom. The summed E-state index contributed by atoms with van der Waals surface area (Å²) in [5, 5.41) is 0.176. The van der Waals surface area contributed by atoms with Gasteiger partial charge < -0.3 is 9.64 Å². The van der Waals surface area contributed by atoms with Gasteiger partial charge in [-0.3, -0.25) is 4.79 Å². The van der Waals surface area contributed by atoms with Crippen LogP contribution in [0.3, 0.4) is 0 Å². The van der Waals surface area contributed by atoms with E-state index in [1.54, 1.807) is 35.2 Å². The van der Waals surface area contributed by atoms with Crippen LogP contribution < -0.4 is 4.74 Å². The Morgan fingerprint density at radius 1 is 0.967 bits per heavy atom. The first kappa shape index (κ1) is 21.4. The maximum Gasteiger partial charge on any atom is 0.253 e. The number of sulfonamides is 1. The molecule has 9 heteroatoms. The number of carbonyl (C=O) groups excluding carboxylic acids is 1. The summed E-state index contributed by atoms with van der Waals surface area (Å²) in [7, 11) is -3.84. The summed E-state index contributed by atoms with van der Waals surface area (Å²) in [4.78, 5) is 14.4. The van der Waals surface area contributed by atoms with Crippen LogP contribution in [0.4, 0.5) is 0 Å². The van der Waals surface area contributed by atoms with E-state index in [9.17, 15) is 13.2 Å². The van der Waals surface area contributed by atoms with Crippen molar-refractivity contribution in [3.05, 3.63) is 58.1 Å². The summed E-state index contributed by atoms with van der Waals surface area (Å²) in [5.41, 5.74) is 0.555. The minimum absolute atomic E-state index is 0.0880. The molecular formula is C21H22Cl2N2O4S. The Morgan fingerprint density at radius 3 is 2.13 bits per heavy atom. The molecule has 4 rings (SSSR count). The normalized spacial score (nSPS) is 17.7. The van der Waals surface area contributed by atoms with Crippen molar-refractivity contribution in [1.82, 2.24) is 9.21 Å². The van der Waals surface area contributed by atoms with Gasteiger partial charge in [0.05, 0.1) is 16.7 Å². The fourth-order valence-electron chi connectivity index (χ4n) is 3.36. The van der Waals surface area contributed by atoms with E-state index in [4.69, 9.17) is 27.9 Å². The number of piperazine rings is 1. The van der Waals surface area contributed by atoms with E-state index >= 15 is 0 Å². The van der Waals surface area contributed by atoms with Crippen LogP contribution in [-0.2, 0) is 10.0 Å². The Balaban J connectivity index is 1.38. The van der Waals surface area contributed by atoms with Gasteiger partial charge in [-0.1, -0.05) is 29.3 Å². The number of amides is 1. The van der Waals surface area contributed by atoms with Crippen LogP contribution in [0.25, 0.3) is 0 Å². The molecule has 1 heterocycles. The summed E-state index contributed by atoms with van der Waals surface area (Å²) >= 11 is 12.2. The third-order valence-corrected chi connectivity index (χ3v) is 8.18. The number of benzene rings is 2. The van der Waals surface area contributed by atoms with Gasteiger partial charge in [0, 0.05) is 31.7 Å². The van der Waals surface area contributed by atoms with Gasteiger partial charge in [0.1, 0.15) is 10.6 Å². The summed E-state index contributed by atoms with van der Waals surface area (Å²) < 4.78 is 33.0. The molecule has 1 amide bonds. The lowest BCUT2D eigenvalue weighted by Gasteiger charge is -2.34. The summed E-state index contributed by atoms with van der Waals surface area (Å²) in [6, 6.07) is 11.7. The maximum absolute atomic E-state index is 13.0. The highest BCUT2D eigenvalue weighted by molar-refractivity contribution is 7.89. The second kappa shape index (κ2) is 8.75. The third kappa shape index (κ3) is 4.59. The fraction of sp³-hybridized carbons (Fsp3) is 0.381. The van der Waals surface area contributed by atoms with Crippen LogP contribution in [0.5, 0.6) is 5.75 Å². The molecule has 6 nitrogen and oxygen atoms in total. The van der Waals surface area contributed by atoms with Crippen molar-refractivity contribution in [3.63, 3.8) is 0 Å². The van der Waals surface area contributed by atoms with Crippen molar-refractivity contribution < 1.29 is 17.9 Å². The third-order valence-electron chi connectivity index (χ3n) is 5.33. The lowest BCUT2D eigenvalue weighted by Crippen LogP contribution is -2.50. The molecule has 0 N–H and O–H groups in total. The largest absolute Gasteiger partial charge is 0.493 e. The average Bonchev–Trinajstić information content (AvgIpc) is 3.56. The number of hydrogen-bond acceptors (Lipinski definition) is 4. The van der Waals surface area contributed by atoms with Crippen molar-refractivity contribution in [2.75, 3.05) is 32.8 Å². The highest BCUT2D eigenvalue weighted by Crippen LogP contribution is 2.32. The van der Waals surface area contributed by atoms with Crippen LogP contribution in [0.15, 0.2) is 47.4 Å². The van der Waals surface area contributed by atoms with Gasteiger partial charge in [0.15, 0.2) is 0 Å². The number of halogens is 2. The minimum atomic E-state index is -3.84. The van der Waals surface area contributed by atoms with E-state index in [2.05, 4.69) is 0 Å². The number of carbonyl (C=O) groups is 1. The molecule has 0 aromatic heterocycles. The SMILES string of the molecule is O=C(c1ccc(OCC2CC2)cc1)N1CCN(S(=O)(=O)c2c(Cl)cccc2Cl)CC1. The average molecular weight is 469 g/mol. The predicted octanol–water partition coefficient (Wildman–Crippen LogP) is 3.93. The minimum Gasteiger partial charge on any atom is -0.493 e. The van der Waals surface area contributed by atoms with Gasteiger partial charge in [-0.15, -0.1) is 0 Å². The zero-order valence-corrected chi connectivity index (χ0v) is 18.6. The smallest absolute Gasteiger partial charge is 0.253 e. The van der Waals surface area contributed by atoms with Crippen LogP contribution in [0.1, 0.15) is 23.2 Å². The highest BCUT2D eigenvalue weighted by Gasteiger charge is 2.33. The molecule has 0 atom stereocenters. The van der Waals surface area contributed by atoms with Crippen molar-refractivity contribution in [1.29, 1.82) is 0 Å². The Labute approximate surface area is 186 Å². The molecule has 0 spiro atoms. The highest BCUT2D eigenvalue weighted by atomic mass is 35.5. The molecule has 2 aromatic carbocycles. The molecule has 1 aliphatic heterocycles. The van der Waals surface area contributed by atoms with Crippen molar-refractivity contribution in [2.24, 2.45) is 5.92 Å². The van der Waals surface area contributed by atoms with Crippen LogP contribution in [0, 0.1) is 5.92 Å². The van der Waals surface area contributed by atoms with Gasteiger partial charge >= 0.3 is 0 Å². The topological polar surface area (TPSA) is 66.9 Å². The molecule has 0 bridgehead atoms. The summed E-state index contributed by atoms with van der Waals surface area (Å²) in [6.45, 7) is 1.66. The Hall–Kier alpha value is -1.80. The molecule has 2 aliphatic rings. The zero-order valence-electron chi connectivity index (χ0n) is 16.3. The molecule has 1 saturated carbocycles. The Kier molecular flexibility index (Phi) is 6.25. The molecule has 30 heavy (non-hydrogen) atoms. The molecule has 2 aromatic rings. The standard InChI is InChI=1S/C21H22Cl2N2O4S/c22-18-2-1-3-19(23)20(18)30(27,28)25-12-10-24(11-13-25)21(26)16-6-8-17(9-7-16)29-14-15-4-5-15/h1-3,6-9,15H,4-5,10-14H2. The lowest BCUT2D eigenvalue weighted by molar-refractivity contribution is 0.0698. The van der Waals surface area contributed by atoms with E-state index < -0.39 is 10.0 Å². The summed E-state index contributed by atoms with van der Waals surface area (Å²) in [6.07, 6.45) is 2.45. The van der Waals surface area contributed by atoms with E-state index in [-0.39, 0.29) is 33.9 Å². The number of hydrogen-bond donors (Lipinski definition) is 0. The van der Waals surface area contributed by atoms with Gasteiger partial charge in [0.25, 0.3) is 5.91 Å². The quantitative estimate of drug-likeness (QED) is 0.643. The van der Waals surface area contributed by atoms with E-state index in [1.165, 1.54) is 29.3 Å². The molecule has 0 unspecified atom stereocenters. The molecule has 0 radical (unpaired) electrons.